The van der Waals surface area contributed by atoms with E-state index in [4.69, 9.17) is 0 Å². The van der Waals surface area contributed by atoms with E-state index < -0.39 is 16.1 Å². The fourth-order valence-corrected chi connectivity index (χ4v) is 4.77. The van der Waals surface area contributed by atoms with E-state index in [2.05, 4.69) is 5.32 Å². The summed E-state index contributed by atoms with van der Waals surface area (Å²) in [7, 11) is -3.51. The molecule has 0 saturated heterocycles. The largest absolute Gasteiger partial charge is 0.354 e. The lowest BCUT2D eigenvalue weighted by molar-refractivity contribution is -0.140. The molecule has 1 atom stereocenters. The van der Waals surface area contributed by atoms with Gasteiger partial charge in [0.15, 0.2) is 0 Å². The van der Waals surface area contributed by atoms with Crippen LogP contribution in [0.3, 0.4) is 0 Å². The van der Waals surface area contributed by atoms with E-state index in [0.717, 1.165) is 16.7 Å². The molecular formula is C27H39N3O4S. The molecule has 1 N–H and O–H groups in total. The molecule has 2 aromatic rings. The molecule has 0 radical (unpaired) electrons. The van der Waals surface area contributed by atoms with Gasteiger partial charge >= 0.3 is 0 Å². The molecule has 8 heteroatoms. The Kier molecular flexibility index (Phi) is 10.3. The highest BCUT2D eigenvalue weighted by atomic mass is 32.2. The summed E-state index contributed by atoms with van der Waals surface area (Å²) in [6.45, 7) is 10.7. The van der Waals surface area contributed by atoms with Crippen LogP contribution in [0.15, 0.2) is 48.5 Å². The lowest BCUT2D eigenvalue weighted by atomic mass is 10.1. The van der Waals surface area contributed by atoms with Gasteiger partial charge in [-0.25, -0.2) is 8.42 Å². The van der Waals surface area contributed by atoms with E-state index in [1.807, 2.05) is 64.1 Å². The third-order valence-corrected chi connectivity index (χ3v) is 7.04. The summed E-state index contributed by atoms with van der Waals surface area (Å²) in [5.74, 6) is -0.0799. The minimum absolute atomic E-state index is 0.131. The van der Waals surface area contributed by atoms with Crippen molar-refractivity contribution < 1.29 is 18.0 Å². The molecule has 2 aromatic carbocycles. The van der Waals surface area contributed by atoms with Crippen LogP contribution in [0.5, 0.6) is 0 Å². The topological polar surface area (TPSA) is 86.8 Å². The van der Waals surface area contributed by atoms with Crippen molar-refractivity contribution in [2.75, 3.05) is 23.7 Å². The number of aryl methyl sites for hydroxylation is 2. The Bertz CT molecular complexity index is 1100. The summed E-state index contributed by atoms with van der Waals surface area (Å²) < 4.78 is 26.3. The molecule has 2 amide bonds. The van der Waals surface area contributed by atoms with Gasteiger partial charge in [-0.2, -0.15) is 0 Å². The molecule has 0 heterocycles. The molecule has 0 bridgehead atoms. The van der Waals surface area contributed by atoms with Gasteiger partial charge < -0.3 is 10.2 Å². The number of sulfonamides is 1. The number of nitrogens with zero attached hydrogens (tertiary/aromatic N) is 2. The first-order valence-electron chi connectivity index (χ1n) is 12.1. The first-order valence-corrected chi connectivity index (χ1v) is 13.9. The highest BCUT2D eigenvalue weighted by Gasteiger charge is 2.27. The van der Waals surface area contributed by atoms with Crippen LogP contribution in [-0.4, -0.2) is 50.5 Å². The second kappa shape index (κ2) is 12.7. The Hall–Kier alpha value is -2.87. The lowest BCUT2D eigenvalue weighted by Gasteiger charge is -2.30. The van der Waals surface area contributed by atoms with Gasteiger partial charge in [-0.15, -0.1) is 0 Å². The van der Waals surface area contributed by atoms with Crippen LogP contribution < -0.4 is 9.62 Å². The predicted molar refractivity (Wildman–Crippen MR) is 142 cm³/mol. The molecule has 192 valence electrons. The smallest absolute Gasteiger partial charge is 0.242 e. The molecule has 0 saturated carbocycles. The number of nitrogens with one attached hydrogen (secondary N) is 1. The van der Waals surface area contributed by atoms with Crippen LogP contribution in [0.4, 0.5) is 5.69 Å². The average molecular weight is 502 g/mol. The van der Waals surface area contributed by atoms with E-state index in [-0.39, 0.29) is 24.8 Å². The zero-order valence-corrected chi connectivity index (χ0v) is 22.6. The van der Waals surface area contributed by atoms with E-state index >= 15 is 0 Å². The van der Waals surface area contributed by atoms with Crippen LogP contribution in [0.1, 0.15) is 50.3 Å². The summed E-state index contributed by atoms with van der Waals surface area (Å²) in [5.41, 5.74) is 3.51. The molecule has 0 aliphatic carbocycles. The summed E-state index contributed by atoms with van der Waals surface area (Å²) in [6.07, 6.45) is 1.64. The number of benzene rings is 2. The monoisotopic (exact) mass is 501 g/mol. The van der Waals surface area contributed by atoms with Crippen molar-refractivity contribution in [3.63, 3.8) is 0 Å². The minimum Gasteiger partial charge on any atom is -0.354 e. The summed E-state index contributed by atoms with van der Waals surface area (Å²) in [5, 5.41) is 2.91. The third kappa shape index (κ3) is 8.69. The molecule has 0 aromatic heterocycles. The van der Waals surface area contributed by atoms with Gasteiger partial charge in [-0.05, 0) is 50.3 Å². The van der Waals surface area contributed by atoms with E-state index in [9.17, 15) is 18.0 Å². The maximum absolute atomic E-state index is 13.3. The third-order valence-electron chi connectivity index (χ3n) is 5.86. The van der Waals surface area contributed by atoms with Crippen LogP contribution >= 0.6 is 0 Å². The lowest BCUT2D eigenvalue weighted by Crippen LogP contribution is -2.48. The van der Waals surface area contributed by atoms with Gasteiger partial charge in [0.05, 0.1) is 11.9 Å². The van der Waals surface area contributed by atoms with Crippen molar-refractivity contribution in [2.24, 2.45) is 5.92 Å². The maximum atomic E-state index is 13.3. The van der Waals surface area contributed by atoms with Gasteiger partial charge in [0.1, 0.15) is 6.04 Å². The number of anilines is 1. The maximum Gasteiger partial charge on any atom is 0.242 e. The fraction of sp³-hybridized carbons (Fsp3) is 0.481. The number of carbonyl (C=O) groups excluding carboxylic acids is 2. The van der Waals surface area contributed by atoms with Gasteiger partial charge in [0.25, 0.3) is 0 Å². The van der Waals surface area contributed by atoms with E-state index in [1.165, 1.54) is 10.6 Å². The van der Waals surface area contributed by atoms with Gasteiger partial charge in [-0.3, -0.25) is 13.9 Å². The molecule has 0 aliphatic rings. The molecule has 0 aliphatic heterocycles. The number of hydrogen-bond donors (Lipinski definition) is 1. The molecule has 35 heavy (non-hydrogen) atoms. The standard InChI is InChI=1S/C27H39N3O4S/c1-20(2)18-28-27(32)23(5)29(19-24-15-13-21(3)14-16-24)26(31)12-9-17-30(35(6,33)34)25-11-8-7-10-22(25)4/h7-8,10-11,13-16,20,23H,9,12,17-19H2,1-6H3,(H,28,32)/t23-/m1/s1. The van der Waals surface area contributed by atoms with Crippen molar-refractivity contribution in [3.8, 4) is 0 Å². The second-order valence-electron chi connectivity index (χ2n) is 9.55. The summed E-state index contributed by atoms with van der Waals surface area (Å²) in [6, 6.07) is 14.5. The number of carbonyl (C=O) groups is 2. The van der Waals surface area contributed by atoms with Crippen molar-refractivity contribution in [1.29, 1.82) is 0 Å². The highest BCUT2D eigenvalue weighted by Crippen LogP contribution is 2.23. The van der Waals surface area contributed by atoms with Crippen LogP contribution in [0.2, 0.25) is 0 Å². The predicted octanol–water partition coefficient (Wildman–Crippen LogP) is 4.04. The first kappa shape index (κ1) is 28.4. The van der Waals surface area contributed by atoms with Crippen molar-refractivity contribution in [3.05, 3.63) is 65.2 Å². The number of hydrogen-bond acceptors (Lipinski definition) is 4. The van der Waals surface area contributed by atoms with Crippen molar-refractivity contribution in [1.82, 2.24) is 10.2 Å². The van der Waals surface area contributed by atoms with Crippen LogP contribution in [0.25, 0.3) is 0 Å². The zero-order chi connectivity index (χ0) is 26.2. The summed E-state index contributed by atoms with van der Waals surface area (Å²) in [4.78, 5) is 27.7. The molecule has 0 spiro atoms. The fourth-order valence-electron chi connectivity index (χ4n) is 3.75. The number of rotatable bonds is 12. The molecular weight excluding hydrogens is 462 g/mol. The van der Waals surface area contributed by atoms with E-state index in [0.29, 0.717) is 31.1 Å². The zero-order valence-electron chi connectivity index (χ0n) is 21.7. The minimum atomic E-state index is -3.51. The summed E-state index contributed by atoms with van der Waals surface area (Å²) >= 11 is 0. The Morgan fingerprint density at radius 3 is 2.17 bits per heavy atom. The number of para-hydroxylation sites is 1. The Balaban J connectivity index is 2.16. The van der Waals surface area contributed by atoms with Crippen LogP contribution in [0, 0.1) is 19.8 Å². The average Bonchev–Trinajstić information content (AvgIpc) is 2.79. The van der Waals surface area contributed by atoms with Crippen molar-refractivity contribution in [2.45, 2.75) is 60.0 Å². The van der Waals surface area contributed by atoms with Crippen LogP contribution in [-0.2, 0) is 26.2 Å². The molecule has 7 nitrogen and oxygen atoms in total. The Labute approximate surface area is 210 Å². The van der Waals surface area contributed by atoms with E-state index in [1.54, 1.807) is 24.0 Å². The molecule has 2 rings (SSSR count). The van der Waals surface area contributed by atoms with Gasteiger partial charge in [0.2, 0.25) is 21.8 Å². The molecule has 0 fully saturated rings. The number of amides is 2. The first-order chi connectivity index (χ1) is 16.4. The quantitative estimate of drug-likeness (QED) is 0.476. The van der Waals surface area contributed by atoms with Gasteiger partial charge in [-0.1, -0.05) is 61.9 Å². The molecule has 0 unspecified atom stereocenters. The Morgan fingerprint density at radius 1 is 0.971 bits per heavy atom. The van der Waals surface area contributed by atoms with Crippen molar-refractivity contribution >= 4 is 27.5 Å². The second-order valence-corrected chi connectivity index (χ2v) is 11.5. The normalized spacial score (nSPS) is 12.3. The Morgan fingerprint density at radius 2 is 1.60 bits per heavy atom. The SMILES string of the molecule is Cc1ccc(CN(C(=O)CCCN(c2ccccc2C)S(C)(=O)=O)[C@H](C)C(=O)NCC(C)C)cc1. The highest BCUT2D eigenvalue weighted by molar-refractivity contribution is 7.92. The van der Waals surface area contributed by atoms with Gasteiger partial charge in [0, 0.05) is 26.1 Å².